The van der Waals surface area contributed by atoms with Crippen molar-refractivity contribution in [2.75, 3.05) is 6.61 Å². The van der Waals surface area contributed by atoms with E-state index in [1.807, 2.05) is 6.92 Å². The van der Waals surface area contributed by atoms with E-state index in [0.717, 1.165) is 0 Å². The number of esters is 1. The number of rotatable bonds is 4. The summed E-state index contributed by atoms with van der Waals surface area (Å²) in [5, 5.41) is 0.308. The minimum Gasteiger partial charge on any atom is -0.461 e. The molecule has 0 radical (unpaired) electrons. The summed E-state index contributed by atoms with van der Waals surface area (Å²) in [6, 6.07) is 0. The lowest BCUT2D eigenvalue weighted by atomic mass is 10.3. The third-order valence-corrected chi connectivity index (χ3v) is 3.02. The molecule has 0 aliphatic heterocycles. The van der Waals surface area contributed by atoms with Gasteiger partial charge in [-0.05, 0) is 19.8 Å². The summed E-state index contributed by atoms with van der Waals surface area (Å²) in [6.07, 6.45) is -3.47. The topological polar surface area (TPSA) is 39.2 Å². The summed E-state index contributed by atoms with van der Waals surface area (Å²) in [6.45, 7) is 3.39. The second-order valence-corrected chi connectivity index (χ2v) is 4.34. The molecule has 0 atom stereocenters. The molecule has 0 aliphatic rings. The predicted octanol–water partition coefficient (Wildman–Crippen LogP) is 3.29. The van der Waals surface area contributed by atoms with Crippen LogP contribution >= 0.6 is 11.3 Å². The van der Waals surface area contributed by atoms with E-state index in [9.17, 15) is 18.0 Å². The number of hydrogen-bond donors (Lipinski definition) is 0. The average Bonchev–Trinajstić information content (AvgIpc) is 2.62. The van der Waals surface area contributed by atoms with Crippen molar-refractivity contribution in [3.8, 4) is 0 Å². The highest BCUT2D eigenvalue weighted by atomic mass is 32.1. The van der Waals surface area contributed by atoms with Crippen LogP contribution in [0.3, 0.4) is 0 Å². The number of nitrogens with zero attached hydrogens (tertiary/aromatic N) is 1. The molecule has 3 nitrogen and oxygen atoms in total. The number of hydrogen-bond acceptors (Lipinski definition) is 4. The van der Waals surface area contributed by atoms with Gasteiger partial charge < -0.3 is 4.74 Å². The van der Waals surface area contributed by atoms with E-state index in [2.05, 4.69) is 9.72 Å². The van der Waals surface area contributed by atoms with E-state index in [-0.39, 0.29) is 6.61 Å². The molecule has 0 saturated heterocycles. The van der Waals surface area contributed by atoms with Crippen LogP contribution in [0.4, 0.5) is 13.2 Å². The summed E-state index contributed by atoms with van der Waals surface area (Å²) in [4.78, 5) is 14.1. The summed E-state index contributed by atoms with van der Waals surface area (Å²) in [5.74, 6) is -1.02. The number of aryl methyl sites for hydroxylation is 1. The van der Waals surface area contributed by atoms with Gasteiger partial charge in [0.1, 0.15) is 4.88 Å². The van der Waals surface area contributed by atoms with Crippen LogP contribution < -0.4 is 0 Å². The van der Waals surface area contributed by atoms with Gasteiger partial charge in [-0.15, -0.1) is 11.3 Å². The first kappa shape index (κ1) is 14.0. The Kier molecular flexibility index (Phi) is 4.50. The molecule has 0 aliphatic carbocycles. The molecule has 1 rings (SSSR count). The van der Waals surface area contributed by atoms with Crippen molar-refractivity contribution in [3.05, 3.63) is 15.6 Å². The van der Waals surface area contributed by atoms with Crippen molar-refractivity contribution in [3.63, 3.8) is 0 Å². The Labute approximate surface area is 101 Å². The van der Waals surface area contributed by atoms with E-state index in [1.54, 1.807) is 0 Å². The Morgan fingerprint density at radius 3 is 2.53 bits per heavy atom. The quantitative estimate of drug-likeness (QED) is 0.786. The maximum Gasteiger partial charge on any atom is 0.428 e. The van der Waals surface area contributed by atoms with Crippen molar-refractivity contribution in [2.45, 2.75) is 32.9 Å². The molecule has 0 aromatic carbocycles. The largest absolute Gasteiger partial charge is 0.461 e. The van der Waals surface area contributed by atoms with E-state index in [1.165, 1.54) is 6.92 Å². The predicted molar refractivity (Wildman–Crippen MR) is 57.1 cm³/mol. The lowest BCUT2D eigenvalue weighted by Gasteiger charge is -2.05. The number of ether oxygens (including phenoxy) is 1. The molecular formula is C10H12F3NO2S. The first-order valence-corrected chi connectivity index (χ1v) is 5.95. The molecular weight excluding hydrogens is 255 g/mol. The molecule has 1 aromatic rings. The van der Waals surface area contributed by atoms with Crippen molar-refractivity contribution < 1.29 is 22.7 Å². The first-order valence-electron chi connectivity index (χ1n) is 5.14. The number of aromatic nitrogens is 1. The van der Waals surface area contributed by atoms with Crippen LogP contribution in [0.5, 0.6) is 0 Å². The lowest BCUT2D eigenvalue weighted by molar-refractivity contribution is -0.135. The third kappa shape index (κ3) is 3.42. The van der Waals surface area contributed by atoms with Crippen molar-refractivity contribution in [2.24, 2.45) is 0 Å². The SMILES string of the molecule is CCCc1nc(C(=O)OCC)c(C(F)(F)F)s1. The van der Waals surface area contributed by atoms with Gasteiger partial charge >= 0.3 is 12.1 Å². The molecule has 0 spiro atoms. The average molecular weight is 267 g/mol. The van der Waals surface area contributed by atoms with E-state index < -0.39 is 22.7 Å². The molecule has 0 unspecified atom stereocenters. The van der Waals surface area contributed by atoms with Crippen LogP contribution in [0.2, 0.25) is 0 Å². The molecule has 7 heteroatoms. The monoisotopic (exact) mass is 267 g/mol. The van der Waals surface area contributed by atoms with Gasteiger partial charge in [-0.25, -0.2) is 9.78 Å². The number of carbonyl (C=O) groups excluding carboxylic acids is 1. The normalized spacial score (nSPS) is 11.6. The molecule has 96 valence electrons. The summed E-state index contributed by atoms with van der Waals surface area (Å²) >= 11 is 0.508. The molecule has 0 saturated carbocycles. The number of alkyl halides is 3. The van der Waals surface area contributed by atoms with E-state index in [0.29, 0.717) is 29.2 Å². The fraction of sp³-hybridized carbons (Fsp3) is 0.600. The second-order valence-electron chi connectivity index (χ2n) is 3.25. The number of thiazole rings is 1. The van der Waals surface area contributed by atoms with Gasteiger partial charge in [0.2, 0.25) is 0 Å². The fourth-order valence-electron chi connectivity index (χ4n) is 1.22. The Balaban J connectivity index is 3.12. The summed E-state index contributed by atoms with van der Waals surface area (Å²) in [5.41, 5.74) is -0.618. The molecule has 0 N–H and O–H groups in total. The summed E-state index contributed by atoms with van der Waals surface area (Å²) < 4.78 is 42.6. The summed E-state index contributed by atoms with van der Waals surface area (Å²) in [7, 11) is 0. The molecule has 0 bridgehead atoms. The van der Waals surface area contributed by atoms with Crippen molar-refractivity contribution >= 4 is 17.3 Å². The Morgan fingerprint density at radius 1 is 1.41 bits per heavy atom. The zero-order valence-electron chi connectivity index (χ0n) is 9.43. The van der Waals surface area contributed by atoms with Crippen molar-refractivity contribution in [1.82, 2.24) is 4.98 Å². The van der Waals surface area contributed by atoms with Crippen LogP contribution in [0.1, 0.15) is 40.6 Å². The highest BCUT2D eigenvalue weighted by Crippen LogP contribution is 2.37. The van der Waals surface area contributed by atoms with Crippen molar-refractivity contribution in [1.29, 1.82) is 0 Å². The second kappa shape index (κ2) is 5.48. The van der Waals surface area contributed by atoms with Crippen LogP contribution in [-0.2, 0) is 17.3 Å². The van der Waals surface area contributed by atoms with E-state index >= 15 is 0 Å². The highest BCUT2D eigenvalue weighted by molar-refractivity contribution is 7.12. The van der Waals surface area contributed by atoms with Gasteiger partial charge in [-0.2, -0.15) is 13.2 Å². The Hall–Kier alpha value is -1.11. The number of carbonyl (C=O) groups is 1. The molecule has 17 heavy (non-hydrogen) atoms. The third-order valence-electron chi connectivity index (χ3n) is 1.86. The molecule has 0 fully saturated rings. The van der Waals surface area contributed by atoms with Gasteiger partial charge in [-0.1, -0.05) is 6.92 Å². The van der Waals surface area contributed by atoms with Crippen LogP contribution in [0.15, 0.2) is 0 Å². The minimum atomic E-state index is -4.56. The smallest absolute Gasteiger partial charge is 0.428 e. The van der Waals surface area contributed by atoms with Crippen LogP contribution in [0, 0.1) is 0 Å². The Bertz CT molecular complexity index is 401. The fourth-order valence-corrected chi connectivity index (χ4v) is 2.24. The van der Waals surface area contributed by atoms with Gasteiger partial charge in [0.05, 0.1) is 11.6 Å². The standard InChI is InChI=1S/C10H12F3NO2S/c1-3-5-6-14-7(9(15)16-4-2)8(17-6)10(11,12)13/h3-5H2,1-2H3. The van der Waals surface area contributed by atoms with Gasteiger partial charge in [0.15, 0.2) is 5.69 Å². The van der Waals surface area contributed by atoms with E-state index in [4.69, 9.17) is 0 Å². The van der Waals surface area contributed by atoms with Gasteiger partial charge in [-0.3, -0.25) is 0 Å². The molecule has 0 amide bonds. The molecule has 1 aromatic heterocycles. The van der Waals surface area contributed by atoms with Crippen LogP contribution in [-0.4, -0.2) is 17.6 Å². The van der Waals surface area contributed by atoms with Gasteiger partial charge in [0.25, 0.3) is 0 Å². The van der Waals surface area contributed by atoms with Gasteiger partial charge in [0, 0.05) is 0 Å². The minimum absolute atomic E-state index is 0.0246. The van der Waals surface area contributed by atoms with Crippen LogP contribution in [0.25, 0.3) is 0 Å². The molecule has 1 heterocycles. The highest BCUT2D eigenvalue weighted by Gasteiger charge is 2.39. The number of halogens is 3. The lowest BCUT2D eigenvalue weighted by Crippen LogP contribution is -2.13. The maximum atomic E-state index is 12.7. The zero-order valence-corrected chi connectivity index (χ0v) is 10.2. The maximum absolute atomic E-state index is 12.7. The zero-order chi connectivity index (χ0) is 13.1. The first-order chi connectivity index (χ1) is 7.90. The Morgan fingerprint density at radius 2 is 2.06 bits per heavy atom.